The van der Waals surface area contributed by atoms with Crippen molar-refractivity contribution >= 4 is 5.78 Å². The molecule has 4 nitrogen and oxygen atoms in total. The molecule has 0 spiro atoms. The van der Waals surface area contributed by atoms with Gasteiger partial charge < -0.3 is 10.1 Å². The highest BCUT2D eigenvalue weighted by molar-refractivity contribution is 5.96. The summed E-state index contributed by atoms with van der Waals surface area (Å²) in [6, 6.07) is 2.38. The van der Waals surface area contributed by atoms with Gasteiger partial charge in [0.15, 0.2) is 5.78 Å². The summed E-state index contributed by atoms with van der Waals surface area (Å²) in [5, 5.41) is 3.31. The molecule has 0 amide bonds. The highest BCUT2D eigenvalue weighted by atomic mass is 16.5. The standard InChI is InChI=1S/C12H16N2O2/c1-16-11-6-9(7-13-8-11)12(15)4-5-14-10-2-3-10/h6-8,10,14H,2-5H2,1H3. The minimum atomic E-state index is 0.111. The molecule has 1 aliphatic rings. The summed E-state index contributed by atoms with van der Waals surface area (Å²) >= 11 is 0. The molecule has 1 heterocycles. The van der Waals surface area contributed by atoms with Gasteiger partial charge >= 0.3 is 0 Å². The molecule has 4 heteroatoms. The molecule has 1 aromatic heterocycles. The molecule has 0 saturated heterocycles. The largest absolute Gasteiger partial charge is 0.495 e. The van der Waals surface area contributed by atoms with Crippen molar-refractivity contribution in [3.8, 4) is 5.75 Å². The van der Waals surface area contributed by atoms with Gasteiger partial charge in [-0.3, -0.25) is 9.78 Å². The van der Waals surface area contributed by atoms with E-state index in [1.165, 1.54) is 12.8 Å². The second-order valence-electron chi connectivity index (χ2n) is 4.02. The Balaban J connectivity index is 1.86. The topological polar surface area (TPSA) is 51.2 Å². The molecule has 16 heavy (non-hydrogen) atoms. The monoisotopic (exact) mass is 220 g/mol. The van der Waals surface area contributed by atoms with Gasteiger partial charge in [0.05, 0.1) is 13.3 Å². The first kappa shape index (κ1) is 11.1. The zero-order chi connectivity index (χ0) is 11.4. The van der Waals surface area contributed by atoms with Crippen LogP contribution in [0.4, 0.5) is 0 Å². The Bertz CT molecular complexity index is 375. The van der Waals surface area contributed by atoms with E-state index in [0.29, 0.717) is 23.8 Å². The molecule has 1 fully saturated rings. The number of carbonyl (C=O) groups is 1. The lowest BCUT2D eigenvalue weighted by Crippen LogP contribution is -2.20. The van der Waals surface area contributed by atoms with Crippen molar-refractivity contribution in [3.63, 3.8) is 0 Å². The van der Waals surface area contributed by atoms with Gasteiger partial charge in [0.25, 0.3) is 0 Å². The fourth-order valence-electron chi connectivity index (χ4n) is 1.50. The number of methoxy groups -OCH3 is 1. The normalized spacial score (nSPS) is 14.8. The molecule has 1 aromatic rings. The molecule has 1 aliphatic carbocycles. The van der Waals surface area contributed by atoms with E-state index in [0.717, 1.165) is 6.54 Å². The Kier molecular flexibility index (Phi) is 3.51. The zero-order valence-corrected chi connectivity index (χ0v) is 9.40. The number of ketones is 1. The fourth-order valence-corrected chi connectivity index (χ4v) is 1.50. The molecule has 0 bridgehead atoms. The van der Waals surface area contributed by atoms with Gasteiger partial charge in [-0.1, -0.05) is 0 Å². The number of hydrogen-bond donors (Lipinski definition) is 1. The van der Waals surface area contributed by atoms with Crippen molar-refractivity contribution in [1.29, 1.82) is 0 Å². The number of Topliss-reactive ketones (excluding diaryl/α,β-unsaturated/α-hetero) is 1. The van der Waals surface area contributed by atoms with E-state index in [1.54, 1.807) is 25.6 Å². The smallest absolute Gasteiger partial charge is 0.165 e. The second-order valence-corrected chi connectivity index (χ2v) is 4.02. The van der Waals surface area contributed by atoms with Crippen molar-refractivity contribution in [2.45, 2.75) is 25.3 Å². The second kappa shape index (κ2) is 5.07. The number of nitrogens with one attached hydrogen (secondary N) is 1. The molecule has 0 aromatic carbocycles. The maximum Gasteiger partial charge on any atom is 0.165 e. The van der Waals surface area contributed by atoms with Crippen molar-refractivity contribution in [1.82, 2.24) is 10.3 Å². The van der Waals surface area contributed by atoms with Crippen LogP contribution in [0.1, 0.15) is 29.6 Å². The fraction of sp³-hybridized carbons (Fsp3) is 0.500. The van der Waals surface area contributed by atoms with Gasteiger partial charge in [-0.25, -0.2) is 0 Å². The predicted molar refractivity (Wildman–Crippen MR) is 60.8 cm³/mol. The van der Waals surface area contributed by atoms with E-state index >= 15 is 0 Å². The summed E-state index contributed by atoms with van der Waals surface area (Å²) in [5.74, 6) is 0.737. The summed E-state index contributed by atoms with van der Waals surface area (Å²) in [5.41, 5.74) is 0.622. The van der Waals surface area contributed by atoms with Crippen LogP contribution in [0.25, 0.3) is 0 Å². The van der Waals surface area contributed by atoms with Crippen LogP contribution in [0.2, 0.25) is 0 Å². The molecule has 0 aliphatic heterocycles. The Labute approximate surface area is 95.0 Å². The molecule has 0 unspecified atom stereocenters. The quantitative estimate of drug-likeness (QED) is 0.736. The van der Waals surface area contributed by atoms with Gasteiger partial charge in [0.1, 0.15) is 5.75 Å². The summed E-state index contributed by atoms with van der Waals surface area (Å²) in [6.45, 7) is 0.751. The number of aromatic nitrogens is 1. The van der Waals surface area contributed by atoms with Crippen LogP contribution < -0.4 is 10.1 Å². The average Bonchev–Trinajstić information content (AvgIpc) is 3.13. The highest BCUT2D eigenvalue weighted by Crippen LogP contribution is 2.18. The lowest BCUT2D eigenvalue weighted by molar-refractivity contribution is 0.0982. The number of hydrogen-bond acceptors (Lipinski definition) is 4. The van der Waals surface area contributed by atoms with E-state index in [4.69, 9.17) is 4.74 Å². The molecule has 1 N–H and O–H groups in total. The molecule has 0 atom stereocenters. The van der Waals surface area contributed by atoms with E-state index in [2.05, 4.69) is 10.3 Å². The van der Waals surface area contributed by atoms with Crippen LogP contribution in [0.3, 0.4) is 0 Å². The van der Waals surface area contributed by atoms with Crippen molar-refractivity contribution < 1.29 is 9.53 Å². The summed E-state index contributed by atoms with van der Waals surface area (Å²) in [6.07, 6.45) is 6.19. The third-order valence-electron chi connectivity index (χ3n) is 2.63. The van der Waals surface area contributed by atoms with Gasteiger partial charge in [-0.15, -0.1) is 0 Å². The summed E-state index contributed by atoms with van der Waals surface area (Å²) in [7, 11) is 1.57. The van der Waals surface area contributed by atoms with Gasteiger partial charge in [-0.05, 0) is 18.9 Å². The predicted octanol–water partition coefficient (Wildman–Crippen LogP) is 1.42. The molecule has 0 radical (unpaired) electrons. The first-order chi connectivity index (χ1) is 7.79. The number of ether oxygens (including phenoxy) is 1. The maximum absolute atomic E-state index is 11.8. The van der Waals surface area contributed by atoms with Crippen molar-refractivity contribution in [2.24, 2.45) is 0 Å². The minimum Gasteiger partial charge on any atom is -0.495 e. The number of rotatable bonds is 6. The van der Waals surface area contributed by atoms with Crippen LogP contribution in [0.15, 0.2) is 18.5 Å². The molecular weight excluding hydrogens is 204 g/mol. The average molecular weight is 220 g/mol. The summed E-state index contributed by atoms with van der Waals surface area (Å²) in [4.78, 5) is 15.7. The lowest BCUT2D eigenvalue weighted by Gasteiger charge is -2.04. The van der Waals surface area contributed by atoms with Gasteiger partial charge in [0, 0.05) is 30.8 Å². The third-order valence-corrected chi connectivity index (χ3v) is 2.63. The molecule has 86 valence electrons. The number of pyridine rings is 1. The van der Waals surface area contributed by atoms with E-state index in [-0.39, 0.29) is 5.78 Å². The number of nitrogens with zero attached hydrogens (tertiary/aromatic N) is 1. The molecule has 1 saturated carbocycles. The zero-order valence-electron chi connectivity index (χ0n) is 9.40. The van der Waals surface area contributed by atoms with Gasteiger partial charge in [0.2, 0.25) is 0 Å². The van der Waals surface area contributed by atoms with Crippen LogP contribution >= 0.6 is 0 Å². The van der Waals surface area contributed by atoms with Crippen LogP contribution in [0, 0.1) is 0 Å². The lowest BCUT2D eigenvalue weighted by atomic mass is 10.1. The van der Waals surface area contributed by atoms with Crippen LogP contribution in [0.5, 0.6) is 5.75 Å². The van der Waals surface area contributed by atoms with Crippen molar-refractivity contribution in [2.75, 3.05) is 13.7 Å². The van der Waals surface area contributed by atoms with E-state index in [1.807, 2.05) is 0 Å². The minimum absolute atomic E-state index is 0.111. The van der Waals surface area contributed by atoms with Gasteiger partial charge in [-0.2, -0.15) is 0 Å². The van der Waals surface area contributed by atoms with E-state index in [9.17, 15) is 4.79 Å². The molecular formula is C12H16N2O2. The Morgan fingerprint density at radius 1 is 1.56 bits per heavy atom. The molecule has 2 rings (SSSR count). The first-order valence-electron chi connectivity index (χ1n) is 5.55. The Morgan fingerprint density at radius 2 is 2.38 bits per heavy atom. The van der Waals surface area contributed by atoms with Crippen molar-refractivity contribution in [3.05, 3.63) is 24.0 Å². The van der Waals surface area contributed by atoms with Crippen LogP contribution in [-0.2, 0) is 0 Å². The Morgan fingerprint density at radius 3 is 3.06 bits per heavy atom. The highest BCUT2D eigenvalue weighted by Gasteiger charge is 2.20. The summed E-state index contributed by atoms with van der Waals surface area (Å²) < 4.78 is 5.03. The number of carbonyl (C=O) groups excluding carboxylic acids is 1. The SMILES string of the molecule is COc1cncc(C(=O)CCNC2CC2)c1. The van der Waals surface area contributed by atoms with Crippen LogP contribution in [-0.4, -0.2) is 30.5 Å². The third kappa shape index (κ3) is 3.03. The first-order valence-corrected chi connectivity index (χ1v) is 5.55. The Hall–Kier alpha value is -1.42. The van der Waals surface area contributed by atoms with E-state index < -0.39 is 0 Å². The maximum atomic E-state index is 11.8.